The number of rotatable bonds is 9. The number of nitrogens with zero attached hydrogens (tertiary/aromatic N) is 2. The monoisotopic (exact) mass is 499 g/mol. The molecule has 0 heterocycles. The number of hydrogen-bond donors (Lipinski definition) is 1. The molecule has 0 aromatic heterocycles. The Balaban J connectivity index is 2.42. The molecule has 0 spiro atoms. The molecule has 0 fully saturated rings. The van der Waals surface area contributed by atoms with Crippen LogP contribution in [0.5, 0.6) is 0 Å². The third-order valence-corrected chi connectivity index (χ3v) is 6.52. The fourth-order valence-corrected chi connectivity index (χ4v) is 4.33. The molecule has 0 aliphatic rings. The molecule has 0 saturated carbocycles. The molecule has 10 heteroatoms. The molecule has 174 valence electrons. The molecule has 2 rings (SSSR count). The van der Waals surface area contributed by atoms with Crippen LogP contribution in [-0.4, -0.2) is 50.5 Å². The molecule has 0 radical (unpaired) electrons. The Kier molecular flexibility index (Phi) is 8.95. The summed E-state index contributed by atoms with van der Waals surface area (Å²) in [4.78, 5) is 27.2. The number of carbonyl (C=O) groups is 2. The van der Waals surface area contributed by atoms with E-state index in [2.05, 4.69) is 5.32 Å². The van der Waals surface area contributed by atoms with Crippen molar-refractivity contribution in [1.82, 2.24) is 10.2 Å². The third-order valence-electron chi connectivity index (χ3n) is 4.90. The standard InChI is InChI=1S/C22H27Cl2N3O4S/c1-5-25-22(29)16(3)26(13-17-7-10-18(23)11-8-17)21(28)14-27(32(4,30)31)20-12-19(24)9-6-15(20)2/h6-12,16H,5,13-14H2,1-4H3,(H,25,29)/t16-/m0/s1. The molecule has 0 aliphatic carbocycles. The topological polar surface area (TPSA) is 86.8 Å². The van der Waals surface area contributed by atoms with Gasteiger partial charge in [-0.25, -0.2) is 8.42 Å². The molecule has 0 unspecified atom stereocenters. The first-order valence-electron chi connectivity index (χ1n) is 9.99. The highest BCUT2D eigenvalue weighted by Gasteiger charge is 2.30. The van der Waals surface area contributed by atoms with Gasteiger partial charge in [-0.05, 0) is 56.2 Å². The summed E-state index contributed by atoms with van der Waals surface area (Å²) in [6.45, 7) is 5.16. The van der Waals surface area contributed by atoms with E-state index >= 15 is 0 Å². The second kappa shape index (κ2) is 11.0. The average molecular weight is 500 g/mol. The number of nitrogens with one attached hydrogen (secondary N) is 1. The summed E-state index contributed by atoms with van der Waals surface area (Å²) in [6, 6.07) is 10.9. The van der Waals surface area contributed by atoms with Crippen molar-refractivity contribution in [2.75, 3.05) is 23.7 Å². The van der Waals surface area contributed by atoms with E-state index in [1.165, 1.54) is 11.0 Å². The highest BCUT2D eigenvalue weighted by atomic mass is 35.5. The molecule has 0 aliphatic heterocycles. The van der Waals surface area contributed by atoms with E-state index in [0.717, 1.165) is 16.1 Å². The van der Waals surface area contributed by atoms with Crippen LogP contribution in [0.3, 0.4) is 0 Å². The number of hydrogen-bond acceptors (Lipinski definition) is 4. The van der Waals surface area contributed by atoms with Crippen molar-refractivity contribution < 1.29 is 18.0 Å². The van der Waals surface area contributed by atoms with Crippen molar-refractivity contribution in [3.63, 3.8) is 0 Å². The number of amides is 2. The number of anilines is 1. The zero-order chi connectivity index (χ0) is 24.1. The van der Waals surface area contributed by atoms with Crippen LogP contribution >= 0.6 is 23.2 Å². The molecule has 2 aromatic rings. The molecule has 32 heavy (non-hydrogen) atoms. The smallest absolute Gasteiger partial charge is 0.244 e. The number of halogens is 2. The minimum atomic E-state index is -3.81. The van der Waals surface area contributed by atoms with Gasteiger partial charge in [0.05, 0.1) is 11.9 Å². The fraction of sp³-hybridized carbons (Fsp3) is 0.364. The van der Waals surface area contributed by atoms with Gasteiger partial charge in [0.2, 0.25) is 21.8 Å². The van der Waals surface area contributed by atoms with Crippen molar-refractivity contribution in [2.24, 2.45) is 0 Å². The van der Waals surface area contributed by atoms with Gasteiger partial charge in [-0.3, -0.25) is 13.9 Å². The van der Waals surface area contributed by atoms with Crippen LogP contribution in [0, 0.1) is 6.92 Å². The first-order chi connectivity index (χ1) is 14.9. The molecule has 0 bridgehead atoms. The Hall–Kier alpha value is -2.29. The summed E-state index contributed by atoms with van der Waals surface area (Å²) in [7, 11) is -3.81. The first-order valence-corrected chi connectivity index (χ1v) is 12.6. The quantitative estimate of drug-likeness (QED) is 0.570. The first kappa shape index (κ1) is 26.0. The lowest BCUT2D eigenvalue weighted by atomic mass is 10.1. The van der Waals surface area contributed by atoms with Gasteiger partial charge in [0.1, 0.15) is 12.6 Å². The van der Waals surface area contributed by atoms with Crippen LogP contribution in [-0.2, 0) is 26.2 Å². The average Bonchev–Trinajstić information content (AvgIpc) is 2.72. The van der Waals surface area contributed by atoms with Gasteiger partial charge in [0.15, 0.2) is 0 Å². The molecule has 1 atom stereocenters. The number of sulfonamides is 1. The van der Waals surface area contributed by atoms with E-state index in [4.69, 9.17) is 23.2 Å². The lowest BCUT2D eigenvalue weighted by molar-refractivity contribution is -0.139. The SMILES string of the molecule is CCNC(=O)[C@H](C)N(Cc1ccc(Cl)cc1)C(=O)CN(c1cc(Cl)ccc1C)S(C)(=O)=O. The Bertz CT molecular complexity index is 1080. The molecule has 7 nitrogen and oxygen atoms in total. The molecule has 2 aromatic carbocycles. The maximum absolute atomic E-state index is 13.4. The van der Waals surface area contributed by atoms with Gasteiger partial charge in [0.25, 0.3) is 0 Å². The second-order valence-corrected chi connectivity index (χ2v) is 10.2. The van der Waals surface area contributed by atoms with Crippen LogP contribution in [0.1, 0.15) is 25.0 Å². The van der Waals surface area contributed by atoms with Gasteiger partial charge in [0, 0.05) is 23.1 Å². The maximum Gasteiger partial charge on any atom is 0.244 e. The number of benzene rings is 2. The Morgan fingerprint density at radius 2 is 1.66 bits per heavy atom. The molecular formula is C22H27Cl2N3O4S. The third kappa shape index (κ3) is 6.85. The summed E-state index contributed by atoms with van der Waals surface area (Å²) < 4.78 is 26.2. The highest BCUT2D eigenvalue weighted by Crippen LogP contribution is 2.26. The Morgan fingerprint density at radius 3 is 2.22 bits per heavy atom. The molecular weight excluding hydrogens is 473 g/mol. The zero-order valence-electron chi connectivity index (χ0n) is 18.4. The lowest BCUT2D eigenvalue weighted by Crippen LogP contribution is -2.51. The van der Waals surface area contributed by atoms with E-state index in [1.54, 1.807) is 57.2 Å². The van der Waals surface area contributed by atoms with E-state index in [1.807, 2.05) is 0 Å². The van der Waals surface area contributed by atoms with Crippen molar-refractivity contribution in [1.29, 1.82) is 0 Å². The summed E-state index contributed by atoms with van der Waals surface area (Å²) in [5.41, 5.74) is 1.71. The van der Waals surface area contributed by atoms with Crippen LogP contribution in [0.2, 0.25) is 10.0 Å². The number of carbonyl (C=O) groups excluding carboxylic acids is 2. The minimum absolute atomic E-state index is 0.112. The summed E-state index contributed by atoms with van der Waals surface area (Å²) in [5.74, 6) is -0.858. The van der Waals surface area contributed by atoms with E-state index < -0.39 is 28.5 Å². The predicted octanol–water partition coefficient (Wildman–Crippen LogP) is 3.62. The van der Waals surface area contributed by atoms with Gasteiger partial charge in [-0.1, -0.05) is 41.4 Å². The van der Waals surface area contributed by atoms with E-state index in [-0.39, 0.29) is 12.5 Å². The predicted molar refractivity (Wildman–Crippen MR) is 129 cm³/mol. The lowest BCUT2D eigenvalue weighted by Gasteiger charge is -2.32. The maximum atomic E-state index is 13.4. The van der Waals surface area contributed by atoms with Crippen LogP contribution < -0.4 is 9.62 Å². The number of aryl methyl sites for hydroxylation is 1. The van der Waals surface area contributed by atoms with Gasteiger partial charge >= 0.3 is 0 Å². The van der Waals surface area contributed by atoms with Crippen LogP contribution in [0.25, 0.3) is 0 Å². The van der Waals surface area contributed by atoms with Gasteiger partial charge in [-0.15, -0.1) is 0 Å². The minimum Gasteiger partial charge on any atom is -0.355 e. The highest BCUT2D eigenvalue weighted by molar-refractivity contribution is 7.92. The fourth-order valence-electron chi connectivity index (χ4n) is 3.14. The van der Waals surface area contributed by atoms with Crippen molar-refractivity contribution in [3.05, 3.63) is 63.6 Å². The Labute approximate surface area is 199 Å². The Morgan fingerprint density at radius 1 is 1.06 bits per heavy atom. The van der Waals surface area contributed by atoms with Crippen molar-refractivity contribution >= 4 is 50.7 Å². The molecule has 1 N–H and O–H groups in total. The van der Waals surface area contributed by atoms with E-state index in [0.29, 0.717) is 27.8 Å². The zero-order valence-corrected chi connectivity index (χ0v) is 20.8. The van der Waals surface area contributed by atoms with Crippen molar-refractivity contribution in [3.8, 4) is 0 Å². The number of likely N-dealkylation sites (N-methyl/N-ethyl adjacent to an activating group) is 1. The van der Waals surface area contributed by atoms with Crippen LogP contribution in [0.15, 0.2) is 42.5 Å². The summed E-state index contributed by atoms with van der Waals surface area (Å²) in [5, 5.41) is 3.60. The van der Waals surface area contributed by atoms with Crippen LogP contribution in [0.4, 0.5) is 5.69 Å². The van der Waals surface area contributed by atoms with E-state index in [9.17, 15) is 18.0 Å². The summed E-state index contributed by atoms with van der Waals surface area (Å²) in [6.07, 6.45) is 1.03. The second-order valence-electron chi connectivity index (χ2n) is 7.42. The summed E-state index contributed by atoms with van der Waals surface area (Å²) >= 11 is 12.0. The normalized spacial score (nSPS) is 12.2. The molecule has 2 amide bonds. The largest absolute Gasteiger partial charge is 0.355 e. The van der Waals surface area contributed by atoms with Gasteiger partial charge in [-0.2, -0.15) is 0 Å². The molecule has 0 saturated heterocycles. The van der Waals surface area contributed by atoms with Crippen molar-refractivity contribution in [2.45, 2.75) is 33.4 Å². The van der Waals surface area contributed by atoms with Gasteiger partial charge < -0.3 is 10.2 Å².